The molecule has 4 heterocycles. The first kappa shape index (κ1) is 30.0. The van der Waals surface area contributed by atoms with Crippen LogP contribution in [0.5, 0.6) is 0 Å². The van der Waals surface area contributed by atoms with Crippen LogP contribution < -0.4 is 24.8 Å². The second-order valence-electron chi connectivity index (χ2n) is 9.19. The van der Waals surface area contributed by atoms with E-state index in [1.54, 1.807) is 0 Å². The fourth-order valence-corrected chi connectivity index (χ4v) is 4.65. The topological polar surface area (TPSA) is 71.3 Å². The van der Waals surface area contributed by atoms with Gasteiger partial charge in [0.2, 0.25) is 0 Å². The zero-order chi connectivity index (χ0) is 25.3. The molecule has 0 bridgehead atoms. The maximum absolute atomic E-state index is 4.53. The number of halogens is 2. The Morgan fingerprint density at radius 2 is 0.585 bits per heavy atom. The van der Waals surface area contributed by atoms with Gasteiger partial charge in [0, 0.05) is 46.3 Å². The normalized spacial score (nSPS) is 10.5. The number of nitrogens with zero attached hydrogens (tertiary/aromatic N) is 8. The number of aromatic nitrogens is 8. The van der Waals surface area contributed by atoms with E-state index in [1.165, 1.54) is 0 Å². The minimum absolute atomic E-state index is 0. The summed E-state index contributed by atoms with van der Waals surface area (Å²) in [4.78, 5) is 0. The first-order valence-corrected chi connectivity index (χ1v) is 12.5. The van der Waals surface area contributed by atoms with Crippen molar-refractivity contribution in [3.63, 3.8) is 0 Å². The average Bonchev–Trinajstić information content (AvgIpc) is 3.71. The molecule has 0 saturated heterocycles. The third-order valence-electron chi connectivity index (χ3n) is 6.42. The van der Waals surface area contributed by atoms with Crippen molar-refractivity contribution in [2.24, 2.45) is 0 Å². The summed E-state index contributed by atoms with van der Waals surface area (Å²) in [5, 5.41) is 22.7. The summed E-state index contributed by atoms with van der Waals surface area (Å²) < 4.78 is 7.65. The third-order valence-corrected chi connectivity index (χ3v) is 6.42. The Hall–Kier alpha value is -4.00. The zero-order valence-electron chi connectivity index (χ0n) is 21.6. The molecule has 4 aromatic carbocycles. The Morgan fingerprint density at radius 3 is 0.805 bits per heavy atom. The van der Waals surface area contributed by atoms with Gasteiger partial charge in [-0.15, -0.1) is 0 Å². The van der Waals surface area contributed by atoms with Gasteiger partial charge in [0.05, 0.1) is 22.1 Å². The molecule has 0 N–H and O–H groups in total. The van der Waals surface area contributed by atoms with E-state index in [0.717, 1.165) is 43.6 Å². The van der Waals surface area contributed by atoms with Gasteiger partial charge in [-0.2, -0.15) is 20.4 Å². The molecule has 0 aliphatic carbocycles. The van der Waals surface area contributed by atoms with Crippen LogP contribution in [0, 0.1) is 0 Å². The number of rotatable bonds is 4. The number of hydrogen-bond acceptors (Lipinski definition) is 4. The molecular weight excluding hydrogens is 650 g/mol. The molecule has 0 fully saturated rings. The summed E-state index contributed by atoms with van der Waals surface area (Å²) >= 11 is 0. The van der Waals surface area contributed by atoms with Crippen LogP contribution in [0.1, 0.15) is 0 Å². The third kappa shape index (κ3) is 6.50. The predicted octanol–water partition coefficient (Wildman–Crippen LogP) is -0.211. The molecule has 0 amide bonds. The number of fused-ring (bicyclic) bond motifs is 4. The quantitative estimate of drug-likeness (QED) is 0.243. The van der Waals surface area contributed by atoms with E-state index in [9.17, 15) is 0 Å². The van der Waals surface area contributed by atoms with Crippen molar-refractivity contribution in [1.29, 1.82) is 0 Å². The summed E-state index contributed by atoms with van der Waals surface area (Å²) in [6.45, 7) is 1.26. The van der Waals surface area contributed by atoms with Crippen LogP contribution >= 0.6 is 0 Å². The molecule has 11 heteroatoms. The molecular formula is C30H24Cl2N8Pd. The Balaban J connectivity index is 0.000000176. The summed E-state index contributed by atoms with van der Waals surface area (Å²) in [5.41, 5.74) is 4.05. The van der Waals surface area contributed by atoms with E-state index < -0.39 is 0 Å². The van der Waals surface area contributed by atoms with Crippen LogP contribution in [0.4, 0.5) is 0 Å². The predicted molar refractivity (Wildman–Crippen MR) is 150 cm³/mol. The van der Waals surface area contributed by atoms with Gasteiger partial charge in [-0.1, -0.05) is 72.8 Å². The van der Waals surface area contributed by atoms with Gasteiger partial charge in [-0.05, 0) is 24.3 Å². The maximum atomic E-state index is 4.53. The fraction of sp³-hybridized carbons (Fsp3) is 0.0667. The van der Waals surface area contributed by atoms with Crippen LogP contribution in [-0.4, -0.2) is 39.1 Å². The second kappa shape index (κ2) is 13.1. The van der Waals surface area contributed by atoms with E-state index in [1.807, 2.05) is 116 Å². The summed E-state index contributed by atoms with van der Waals surface area (Å²) in [6.07, 6.45) is 8.17. The van der Waals surface area contributed by atoms with Crippen LogP contribution in [0.3, 0.4) is 0 Å². The molecule has 208 valence electrons. The molecule has 8 nitrogen and oxygen atoms in total. The molecule has 4 aromatic heterocycles. The molecule has 0 atom stereocenters. The van der Waals surface area contributed by atoms with Crippen LogP contribution in [0.2, 0.25) is 0 Å². The van der Waals surface area contributed by atoms with E-state index in [0.29, 0.717) is 13.3 Å². The summed E-state index contributed by atoms with van der Waals surface area (Å²) in [5.74, 6) is 0. The van der Waals surface area contributed by atoms with Gasteiger partial charge < -0.3 is 24.8 Å². The Bertz CT molecular complexity index is 1600. The molecule has 8 rings (SSSR count). The first-order valence-electron chi connectivity index (χ1n) is 12.5. The SMILES string of the molecule is [Cl-].[Cl-].[Pd+2].c1ccc2nn(Cn3cc4ccccc4n3)cc2c1.c1ccc2nn(Cn3cc4ccccc4n3)cc2c1. The largest absolute Gasteiger partial charge is 2.00 e. The Labute approximate surface area is 262 Å². The van der Waals surface area contributed by atoms with Crippen molar-refractivity contribution in [1.82, 2.24) is 39.1 Å². The van der Waals surface area contributed by atoms with E-state index in [-0.39, 0.29) is 45.2 Å². The van der Waals surface area contributed by atoms with Crippen LogP contribution in [0.25, 0.3) is 43.6 Å². The molecule has 8 aromatic rings. The molecule has 0 spiro atoms. The minimum Gasteiger partial charge on any atom is -1.00 e. The smallest absolute Gasteiger partial charge is 1.00 e. The average molecular weight is 674 g/mol. The second-order valence-corrected chi connectivity index (χ2v) is 9.19. The van der Waals surface area contributed by atoms with Gasteiger partial charge in [-0.25, -0.2) is 18.7 Å². The van der Waals surface area contributed by atoms with E-state index in [2.05, 4.69) is 44.7 Å². The minimum atomic E-state index is 0. The van der Waals surface area contributed by atoms with Gasteiger partial charge in [0.25, 0.3) is 0 Å². The van der Waals surface area contributed by atoms with Crippen molar-refractivity contribution in [3.05, 3.63) is 122 Å². The maximum Gasteiger partial charge on any atom is 2.00 e. The van der Waals surface area contributed by atoms with Crippen LogP contribution in [0.15, 0.2) is 122 Å². The zero-order valence-corrected chi connectivity index (χ0v) is 24.7. The molecule has 0 radical (unpaired) electrons. The first-order chi connectivity index (χ1) is 18.8. The summed E-state index contributed by atoms with van der Waals surface area (Å²) in [6, 6.07) is 32.5. The van der Waals surface area contributed by atoms with Crippen molar-refractivity contribution in [2.75, 3.05) is 0 Å². The molecule has 0 saturated carbocycles. The van der Waals surface area contributed by atoms with Gasteiger partial charge >= 0.3 is 20.4 Å². The molecule has 0 unspecified atom stereocenters. The Kier molecular flexibility index (Phi) is 9.58. The number of hydrogen-bond donors (Lipinski definition) is 0. The number of benzene rings is 4. The molecule has 41 heavy (non-hydrogen) atoms. The van der Waals surface area contributed by atoms with Gasteiger partial charge in [0.1, 0.15) is 13.3 Å². The van der Waals surface area contributed by atoms with Gasteiger partial charge in [-0.3, -0.25) is 0 Å². The standard InChI is InChI=1S/2C15H12N4.2ClH.Pd/c2*1-3-7-14-12(5-1)9-18(16-14)11-19-10-13-6-2-4-8-15(13)17-19;;;/h2*1-10H,11H2;2*1H;/q;;;;+2/p-2. The fourth-order valence-electron chi connectivity index (χ4n) is 4.65. The Morgan fingerprint density at radius 1 is 0.366 bits per heavy atom. The molecule has 0 aliphatic heterocycles. The molecule has 0 aliphatic rings. The summed E-state index contributed by atoms with van der Waals surface area (Å²) in [7, 11) is 0. The van der Waals surface area contributed by atoms with E-state index in [4.69, 9.17) is 0 Å². The van der Waals surface area contributed by atoms with E-state index >= 15 is 0 Å². The van der Waals surface area contributed by atoms with Crippen molar-refractivity contribution >= 4 is 43.6 Å². The van der Waals surface area contributed by atoms with Crippen molar-refractivity contribution in [2.45, 2.75) is 13.3 Å². The van der Waals surface area contributed by atoms with Crippen molar-refractivity contribution in [3.8, 4) is 0 Å². The van der Waals surface area contributed by atoms with Crippen molar-refractivity contribution < 1.29 is 45.2 Å². The monoisotopic (exact) mass is 672 g/mol. The van der Waals surface area contributed by atoms with Gasteiger partial charge in [0.15, 0.2) is 0 Å². The van der Waals surface area contributed by atoms with Crippen LogP contribution in [-0.2, 0) is 33.8 Å².